The molecule has 4 heteroatoms. The molecule has 0 radical (unpaired) electrons. The van der Waals surface area contributed by atoms with Gasteiger partial charge in [-0.3, -0.25) is 4.99 Å². The van der Waals surface area contributed by atoms with Gasteiger partial charge in [0.15, 0.2) is 0 Å². The SMILES string of the molecule is Fc1ccc(C=NCc2ccc(F)cc2F)cc1. The molecule has 2 aromatic rings. The van der Waals surface area contributed by atoms with Gasteiger partial charge >= 0.3 is 0 Å². The fraction of sp³-hybridized carbons (Fsp3) is 0.0714. The van der Waals surface area contributed by atoms with Crippen molar-refractivity contribution in [3.8, 4) is 0 Å². The molecule has 0 fully saturated rings. The lowest BCUT2D eigenvalue weighted by Gasteiger charge is -1.99. The number of rotatable bonds is 3. The van der Waals surface area contributed by atoms with Crippen molar-refractivity contribution < 1.29 is 13.2 Å². The standard InChI is InChI=1S/C14H10F3N/c15-12-4-1-10(2-5-12)8-18-9-11-3-6-13(16)7-14(11)17/h1-8H,9H2. The smallest absolute Gasteiger partial charge is 0.131 e. The van der Waals surface area contributed by atoms with Gasteiger partial charge in [-0.1, -0.05) is 18.2 Å². The van der Waals surface area contributed by atoms with Crippen molar-refractivity contribution in [2.75, 3.05) is 0 Å². The van der Waals surface area contributed by atoms with E-state index in [0.29, 0.717) is 5.56 Å². The van der Waals surface area contributed by atoms with E-state index in [1.165, 1.54) is 30.5 Å². The highest BCUT2D eigenvalue weighted by atomic mass is 19.1. The monoisotopic (exact) mass is 249 g/mol. The minimum Gasteiger partial charge on any atom is -0.288 e. The van der Waals surface area contributed by atoms with Crippen LogP contribution in [0.15, 0.2) is 47.5 Å². The highest BCUT2D eigenvalue weighted by Crippen LogP contribution is 2.10. The zero-order valence-electron chi connectivity index (χ0n) is 9.41. The van der Waals surface area contributed by atoms with Crippen molar-refractivity contribution in [3.05, 3.63) is 71.0 Å². The third kappa shape index (κ3) is 3.20. The Labute approximate surface area is 103 Å². The lowest BCUT2D eigenvalue weighted by atomic mass is 10.2. The molecule has 0 saturated carbocycles. The van der Waals surface area contributed by atoms with Crippen LogP contribution in [0.4, 0.5) is 13.2 Å². The molecule has 0 aromatic heterocycles. The molecule has 0 spiro atoms. The molecule has 0 bridgehead atoms. The molecular weight excluding hydrogens is 239 g/mol. The van der Waals surface area contributed by atoms with Crippen LogP contribution < -0.4 is 0 Å². The van der Waals surface area contributed by atoms with Gasteiger partial charge in [0.1, 0.15) is 17.5 Å². The van der Waals surface area contributed by atoms with Crippen LogP contribution in [0.5, 0.6) is 0 Å². The van der Waals surface area contributed by atoms with Gasteiger partial charge in [-0.15, -0.1) is 0 Å². The van der Waals surface area contributed by atoms with Gasteiger partial charge in [-0.25, -0.2) is 13.2 Å². The molecule has 0 aliphatic rings. The second kappa shape index (κ2) is 5.49. The first-order valence-electron chi connectivity index (χ1n) is 5.34. The quantitative estimate of drug-likeness (QED) is 0.735. The van der Waals surface area contributed by atoms with Crippen LogP contribution in [0.25, 0.3) is 0 Å². The summed E-state index contributed by atoms with van der Waals surface area (Å²) in [6.07, 6.45) is 1.52. The first kappa shape index (κ1) is 12.4. The molecule has 0 amide bonds. The Kier molecular flexibility index (Phi) is 3.77. The predicted molar refractivity (Wildman–Crippen MR) is 64.1 cm³/mol. The normalized spacial score (nSPS) is 11.1. The fourth-order valence-corrected chi connectivity index (χ4v) is 1.45. The first-order chi connectivity index (χ1) is 8.65. The highest BCUT2D eigenvalue weighted by Gasteiger charge is 2.01. The summed E-state index contributed by atoms with van der Waals surface area (Å²) in [4.78, 5) is 4.02. The predicted octanol–water partition coefficient (Wildman–Crippen LogP) is 3.72. The van der Waals surface area contributed by atoms with E-state index in [4.69, 9.17) is 0 Å². The molecule has 0 atom stereocenters. The van der Waals surface area contributed by atoms with Crippen molar-refractivity contribution in [2.24, 2.45) is 4.99 Å². The van der Waals surface area contributed by atoms with Gasteiger partial charge in [0.05, 0.1) is 6.54 Å². The van der Waals surface area contributed by atoms with Crippen LogP contribution >= 0.6 is 0 Å². The Morgan fingerprint density at radius 1 is 0.889 bits per heavy atom. The maximum atomic E-state index is 13.3. The Bertz CT molecular complexity index is 562. The minimum absolute atomic E-state index is 0.115. The summed E-state index contributed by atoms with van der Waals surface area (Å²) in [5, 5.41) is 0. The van der Waals surface area contributed by atoms with E-state index >= 15 is 0 Å². The van der Waals surface area contributed by atoms with Crippen LogP contribution in [0.2, 0.25) is 0 Å². The van der Waals surface area contributed by atoms with Gasteiger partial charge in [-0.2, -0.15) is 0 Å². The summed E-state index contributed by atoms with van der Waals surface area (Å²) >= 11 is 0. The van der Waals surface area contributed by atoms with Crippen molar-refractivity contribution in [1.29, 1.82) is 0 Å². The van der Waals surface area contributed by atoms with Crippen LogP contribution in [0, 0.1) is 17.5 Å². The Morgan fingerprint density at radius 3 is 2.22 bits per heavy atom. The van der Waals surface area contributed by atoms with Gasteiger partial charge in [0, 0.05) is 17.8 Å². The average molecular weight is 249 g/mol. The van der Waals surface area contributed by atoms with Crippen molar-refractivity contribution >= 4 is 6.21 Å². The number of hydrogen-bond donors (Lipinski definition) is 0. The van der Waals surface area contributed by atoms with Gasteiger partial charge in [0.25, 0.3) is 0 Å². The maximum Gasteiger partial charge on any atom is 0.131 e. The maximum absolute atomic E-state index is 13.3. The minimum atomic E-state index is -0.619. The molecule has 0 aliphatic heterocycles. The number of benzene rings is 2. The van der Waals surface area contributed by atoms with E-state index < -0.39 is 11.6 Å². The van der Waals surface area contributed by atoms with Crippen molar-refractivity contribution in [2.45, 2.75) is 6.54 Å². The number of aliphatic imine (C=N–C) groups is 1. The second-order valence-electron chi connectivity index (χ2n) is 3.76. The summed E-state index contributed by atoms with van der Waals surface area (Å²) in [5.41, 5.74) is 1.04. The zero-order valence-corrected chi connectivity index (χ0v) is 9.41. The number of nitrogens with zero attached hydrogens (tertiary/aromatic N) is 1. The van der Waals surface area contributed by atoms with E-state index in [2.05, 4.69) is 4.99 Å². The second-order valence-corrected chi connectivity index (χ2v) is 3.76. The van der Waals surface area contributed by atoms with Crippen LogP contribution in [0.3, 0.4) is 0 Å². The Hall–Kier alpha value is -2.10. The lowest BCUT2D eigenvalue weighted by molar-refractivity contribution is 0.573. The third-order valence-corrected chi connectivity index (χ3v) is 2.39. The van der Waals surface area contributed by atoms with Gasteiger partial charge < -0.3 is 0 Å². The highest BCUT2D eigenvalue weighted by molar-refractivity contribution is 5.79. The zero-order chi connectivity index (χ0) is 13.0. The van der Waals surface area contributed by atoms with E-state index in [0.717, 1.165) is 11.6 Å². The molecule has 1 nitrogen and oxygen atoms in total. The molecule has 0 heterocycles. The van der Waals surface area contributed by atoms with E-state index in [1.54, 1.807) is 12.1 Å². The van der Waals surface area contributed by atoms with Gasteiger partial charge in [-0.05, 0) is 23.8 Å². The average Bonchev–Trinajstić information content (AvgIpc) is 2.34. The number of halogens is 3. The van der Waals surface area contributed by atoms with Gasteiger partial charge in [0.2, 0.25) is 0 Å². The molecule has 2 rings (SSSR count). The van der Waals surface area contributed by atoms with Crippen LogP contribution in [-0.4, -0.2) is 6.21 Å². The van der Waals surface area contributed by atoms with Crippen molar-refractivity contribution in [1.82, 2.24) is 0 Å². The number of hydrogen-bond acceptors (Lipinski definition) is 1. The van der Waals surface area contributed by atoms with Crippen LogP contribution in [0.1, 0.15) is 11.1 Å². The molecular formula is C14H10F3N. The molecule has 2 aromatic carbocycles. The third-order valence-electron chi connectivity index (χ3n) is 2.39. The van der Waals surface area contributed by atoms with Crippen LogP contribution in [-0.2, 0) is 6.54 Å². The fourth-order valence-electron chi connectivity index (χ4n) is 1.45. The molecule has 0 unspecified atom stereocenters. The molecule has 0 aliphatic carbocycles. The van der Waals surface area contributed by atoms with Crippen molar-refractivity contribution in [3.63, 3.8) is 0 Å². The largest absolute Gasteiger partial charge is 0.288 e. The summed E-state index contributed by atoms with van der Waals surface area (Å²) in [6.45, 7) is 0.115. The summed E-state index contributed by atoms with van der Waals surface area (Å²) < 4.78 is 38.6. The lowest BCUT2D eigenvalue weighted by Crippen LogP contribution is -1.90. The molecule has 18 heavy (non-hydrogen) atoms. The topological polar surface area (TPSA) is 12.4 Å². The van der Waals surface area contributed by atoms with E-state index in [-0.39, 0.29) is 12.4 Å². The molecule has 92 valence electrons. The van der Waals surface area contributed by atoms with E-state index in [9.17, 15) is 13.2 Å². The summed E-state index contributed by atoms with van der Waals surface area (Å²) in [5.74, 6) is -1.55. The molecule has 0 N–H and O–H groups in total. The molecule has 0 saturated heterocycles. The Morgan fingerprint density at radius 2 is 1.56 bits per heavy atom. The Balaban J connectivity index is 2.05. The van der Waals surface area contributed by atoms with E-state index in [1.807, 2.05) is 0 Å². The summed E-state index contributed by atoms with van der Waals surface area (Å²) in [7, 11) is 0. The summed E-state index contributed by atoms with van der Waals surface area (Å²) in [6, 6.07) is 9.14. The first-order valence-corrected chi connectivity index (χ1v) is 5.34.